The molecule has 0 radical (unpaired) electrons. The molecule has 1 amide bonds. The van der Waals surface area contributed by atoms with Crippen LogP contribution in [0, 0.1) is 13.8 Å². The average Bonchev–Trinajstić information content (AvgIpc) is 3.10. The van der Waals surface area contributed by atoms with Crippen LogP contribution >= 0.6 is 11.3 Å². The van der Waals surface area contributed by atoms with Crippen LogP contribution in [0.3, 0.4) is 0 Å². The van der Waals surface area contributed by atoms with Crippen LogP contribution in [0.1, 0.15) is 34.9 Å². The molecule has 0 aliphatic carbocycles. The molecule has 27 heavy (non-hydrogen) atoms. The van der Waals surface area contributed by atoms with E-state index >= 15 is 0 Å². The Morgan fingerprint density at radius 1 is 1.22 bits per heavy atom. The number of thiazole rings is 1. The Balaban J connectivity index is 1.40. The van der Waals surface area contributed by atoms with Gasteiger partial charge < -0.3 is 9.64 Å². The van der Waals surface area contributed by atoms with Gasteiger partial charge in [0, 0.05) is 19.0 Å². The van der Waals surface area contributed by atoms with E-state index in [0.29, 0.717) is 5.92 Å². The van der Waals surface area contributed by atoms with Crippen LogP contribution in [0.4, 0.5) is 0 Å². The maximum Gasteiger partial charge on any atom is 0.260 e. The lowest BCUT2D eigenvalue weighted by atomic mass is 9.99. The first kappa shape index (κ1) is 18.0. The third kappa shape index (κ3) is 4.14. The van der Waals surface area contributed by atoms with Crippen LogP contribution in [0.5, 0.6) is 5.75 Å². The highest BCUT2D eigenvalue weighted by atomic mass is 32.1. The molecule has 4 nitrogen and oxygen atoms in total. The first-order valence-corrected chi connectivity index (χ1v) is 10.2. The summed E-state index contributed by atoms with van der Waals surface area (Å²) in [5, 5.41) is 1.14. The predicted octanol–water partition coefficient (Wildman–Crippen LogP) is 4.70. The number of amides is 1. The zero-order valence-corrected chi connectivity index (χ0v) is 16.6. The SMILES string of the molecule is Cc1cc(C)cc(OCC(=O)N2CCCC(c3nc4ccccc4s3)C2)c1. The normalized spacial score (nSPS) is 17.3. The number of piperidine rings is 1. The lowest BCUT2D eigenvalue weighted by Crippen LogP contribution is -2.41. The number of likely N-dealkylation sites (tertiary alicyclic amines) is 1. The molecule has 1 atom stereocenters. The summed E-state index contributed by atoms with van der Waals surface area (Å²) < 4.78 is 6.98. The molecule has 0 bridgehead atoms. The number of nitrogens with zero attached hydrogens (tertiary/aromatic N) is 2. The van der Waals surface area contributed by atoms with Gasteiger partial charge in [-0.25, -0.2) is 4.98 Å². The van der Waals surface area contributed by atoms with Crippen molar-refractivity contribution in [2.24, 2.45) is 0 Å². The van der Waals surface area contributed by atoms with Gasteiger partial charge in [0.25, 0.3) is 5.91 Å². The second kappa shape index (κ2) is 7.69. The molecule has 140 valence electrons. The molecule has 2 aromatic carbocycles. The molecule has 5 heteroatoms. The van der Waals surface area contributed by atoms with E-state index in [4.69, 9.17) is 9.72 Å². The molecule has 1 aliphatic rings. The molecule has 0 saturated carbocycles. The lowest BCUT2D eigenvalue weighted by molar-refractivity contribution is -0.134. The van der Waals surface area contributed by atoms with Crippen molar-refractivity contribution >= 4 is 27.5 Å². The van der Waals surface area contributed by atoms with Crippen molar-refractivity contribution < 1.29 is 9.53 Å². The minimum atomic E-state index is 0.0555. The number of ether oxygens (including phenoxy) is 1. The quantitative estimate of drug-likeness (QED) is 0.659. The summed E-state index contributed by atoms with van der Waals surface area (Å²) in [6.45, 7) is 5.70. The molecule has 1 unspecified atom stereocenters. The summed E-state index contributed by atoms with van der Waals surface area (Å²) in [5.41, 5.74) is 3.34. The Bertz CT molecular complexity index is 913. The van der Waals surface area contributed by atoms with Crippen molar-refractivity contribution in [3.8, 4) is 5.75 Å². The summed E-state index contributed by atoms with van der Waals surface area (Å²) in [4.78, 5) is 19.4. The van der Waals surface area contributed by atoms with Crippen LogP contribution in [-0.4, -0.2) is 35.5 Å². The Morgan fingerprint density at radius 2 is 2.00 bits per heavy atom. The Morgan fingerprint density at radius 3 is 2.78 bits per heavy atom. The van der Waals surface area contributed by atoms with E-state index in [2.05, 4.69) is 18.2 Å². The molecule has 0 spiro atoms. The van der Waals surface area contributed by atoms with Gasteiger partial charge in [0.15, 0.2) is 6.61 Å². The maximum absolute atomic E-state index is 12.7. The van der Waals surface area contributed by atoms with Gasteiger partial charge in [0.05, 0.1) is 15.2 Å². The van der Waals surface area contributed by atoms with Crippen molar-refractivity contribution in [1.82, 2.24) is 9.88 Å². The fraction of sp³-hybridized carbons (Fsp3) is 0.364. The maximum atomic E-state index is 12.7. The van der Waals surface area contributed by atoms with Crippen molar-refractivity contribution in [3.05, 3.63) is 58.6 Å². The molecule has 1 aromatic heterocycles. The van der Waals surface area contributed by atoms with Gasteiger partial charge in [-0.1, -0.05) is 18.2 Å². The van der Waals surface area contributed by atoms with E-state index in [1.54, 1.807) is 11.3 Å². The highest BCUT2D eigenvalue weighted by Gasteiger charge is 2.27. The van der Waals surface area contributed by atoms with Crippen molar-refractivity contribution in [2.75, 3.05) is 19.7 Å². The highest BCUT2D eigenvalue weighted by Crippen LogP contribution is 2.33. The molecule has 3 aromatic rings. The zero-order chi connectivity index (χ0) is 18.8. The standard InChI is InChI=1S/C22H24N2O2S/c1-15-10-16(2)12-18(11-15)26-14-21(25)24-9-5-6-17(13-24)22-23-19-7-3-4-8-20(19)27-22/h3-4,7-8,10-12,17H,5-6,9,13-14H2,1-2H3. The van der Waals surface area contributed by atoms with E-state index in [1.807, 2.05) is 43.0 Å². The number of rotatable bonds is 4. The van der Waals surface area contributed by atoms with Crippen LogP contribution < -0.4 is 4.74 Å². The van der Waals surface area contributed by atoms with Crippen LogP contribution in [0.2, 0.25) is 0 Å². The number of hydrogen-bond acceptors (Lipinski definition) is 4. The summed E-state index contributed by atoms with van der Waals surface area (Å²) >= 11 is 1.75. The monoisotopic (exact) mass is 380 g/mol. The molecule has 1 aliphatic heterocycles. The number of aryl methyl sites for hydroxylation is 2. The van der Waals surface area contributed by atoms with Gasteiger partial charge >= 0.3 is 0 Å². The largest absolute Gasteiger partial charge is 0.484 e. The van der Waals surface area contributed by atoms with Gasteiger partial charge in [0.1, 0.15) is 5.75 Å². The number of para-hydroxylation sites is 1. The van der Waals surface area contributed by atoms with Gasteiger partial charge in [-0.05, 0) is 62.1 Å². The van der Waals surface area contributed by atoms with E-state index in [0.717, 1.165) is 53.3 Å². The molecule has 0 N–H and O–H groups in total. The number of hydrogen-bond donors (Lipinski definition) is 0. The Labute approximate surface area is 163 Å². The second-order valence-corrected chi connectivity index (χ2v) is 8.37. The first-order valence-electron chi connectivity index (χ1n) is 9.43. The van der Waals surface area contributed by atoms with E-state index in [9.17, 15) is 4.79 Å². The molecular weight excluding hydrogens is 356 g/mol. The van der Waals surface area contributed by atoms with Crippen molar-refractivity contribution in [3.63, 3.8) is 0 Å². The highest BCUT2D eigenvalue weighted by molar-refractivity contribution is 7.18. The third-order valence-electron chi connectivity index (χ3n) is 4.99. The van der Waals surface area contributed by atoms with Crippen LogP contribution in [0.25, 0.3) is 10.2 Å². The van der Waals surface area contributed by atoms with Crippen molar-refractivity contribution in [1.29, 1.82) is 0 Å². The van der Waals surface area contributed by atoms with Crippen LogP contribution in [0.15, 0.2) is 42.5 Å². The molecular formula is C22H24N2O2S. The van der Waals surface area contributed by atoms with Gasteiger partial charge in [-0.15, -0.1) is 11.3 Å². The molecule has 1 fully saturated rings. The summed E-state index contributed by atoms with van der Waals surface area (Å²) in [7, 11) is 0. The zero-order valence-electron chi connectivity index (χ0n) is 15.8. The number of aromatic nitrogens is 1. The third-order valence-corrected chi connectivity index (χ3v) is 6.19. The first-order chi connectivity index (χ1) is 13.1. The summed E-state index contributed by atoms with van der Waals surface area (Å²) in [6.07, 6.45) is 2.09. The predicted molar refractivity (Wildman–Crippen MR) is 110 cm³/mol. The van der Waals surface area contributed by atoms with E-state index in [-0.39, 0.29) is 12.5 Å². The molecule has 1 saturated heterocycles. The Kier molecular flexibility index (Phi) is 5.12. The molecule has 4 rings (SSSR count). The van der Waals surface area contributed by atoms with Crippen LogP contribution in [-0.2, 0) is 4.79 Å². The minimum absolute atomic E-state index is 0.0555. The fourth-order valence-electron chi connectivity index (χ4n) is 3.72. The topological polar surface area (TPSA) is 42.4 Å². The second-order valence-electron chi connectivity index (χ2n) is 7.31. The average molecular weight is 381 g/mol. The number of benzene rings is 2. The summed E-state index contributed by atoms with van der Waals surface area (Å²) in [6, 6.07) is 14.3. The summed E-state index contributed by atoms with van der Waals surface area (Å²) in [5.74, 6) is 1.14. The fourth-order valence-corrected chi connectivity index (χ4v) is 4.82. The number of fused-ring (bicyclic) bond motifs is 1. The molecule has 2 heterocycles. The van der Waals surface area contributed by atoms with Crippen molar-refractivity contribution in [2.45, 2.75) is 32.6 Å². The number of carbonyl (C=O) groups is 1. The number of carbonyl (C=O) groups excluding carboxylic acids is 1. The minimum Gasteiger partial charge on any atom is -0.484 e. The smallest absolute Gasteiger partial charge is 0.260 e. The van der Waals surface area contributed by atoms with Gasteiger partial charge in [-0.2, -0.15) is 0 Å². The van der Waals surface area contributed by atoms with E-state index in [1.165, 1.54) is 4.70 Å². The lowest BCUT2D eigenvalue weighted by Gasteiger charge is -2.31. The Hall–Kier alpha value is -2.40. The van der Waals surface area contributed by atoms with Gasteiger partial charge in [0.2, 0.25) is 0 Å². The van der Waals surface area contributed by atoms with E-state index < -0.39 is 0 Å². The van der Waals surface area contributed by atoms with Gasteiger partial charge in [-0.3, -0.25) is 4.79 Å².